The van der Waals surface area contributed by atoms with E-state index in [4.69, 9.17) is 4.74 Å². The van der Waals surface area contributed by atoms with Gasteiger partial charge < -0.3 is 15.4 Å². The molecule has 21 heavy (non-hydrogen) atoms. The molecule has 2 atom stereocenters. The molecule has 0 spiro atoms. The van der Waals surface area contributed by atoms with Crippen molar-refractivity contribution >= 4 is 5.91 Å². The number of hydrogen-bond donors (Lipinski definition) is 2. The average Bonchev–Trinajstić information content (AvgIpc) is 2.81. The largest absolute Gasteiger partial charge is 0.496 e. The number of amides is 1. The van der Waals surface area contributed by atoms with Crippen LogP contribution in [0.25, 0.3) is 0 Å². The highest BCUT2D eigenvalue weighted by Crippen LogP contribution is 2.27. The number of nitrogens with one attached hydrogen (secondary N) is 2. The second kappa shape index (κ2) is 8.03. The van der Waals surface area contributed by atoms with E-state index in [1.165, 1.54) is 6.42 Å². The topological polar surface area (TPSA) is 50.4 Å². The standard InChI is InChI=1S/C17H26N2O2/c1-3-14(13-9-6-7-11-16(13)21-2)19-17(20)15-10-5-4-8-12-18-15/h6-7,9,11,14-15,18H,3-5,8,10,12H2,1-2H3,(H,19,20). The number of hydrogen-bond acceptors (Lipinski definition) is 3. The molecule has 2 rings (SSSR count). The Morgan fingerprint density at radius 3 is 2.95 bits per heavy atom. The maximum Gasteiger partial charge on any atom is 0.237 e. The number of benzene rings is 1. The zero-order chi connectivity index (χ0) is 15.1. The first-order valence-electron chi connectivity index (χ1n) is 7.93. The Balaban J connectivity index is 2.05. The van der Waals surface area contributed by atoms with E-state index in [9.17, 15) is 4.79 Å². The van der Waals surface area contributed by atoms with Gasteiger partial charge in [-0.1, -0.05) is 38.0 Å². The van der Waals surface area contributed by atoms with Crippen LogP contribution >= 0.6 is 0 Å². The fourth-order valence-electron chi connectivity index (χ4n) is 2.88. The molecule has 116 valence electrons. The van der Waals surface area contributed by atoms with Crippen LogP contribution in [0.5, 0.6) is 5.75 Å². The maximum absolute atomic E-state index is 12.5. The highest BCUT2D eigenvalue weighted by molar-refractivity contribution is 5.82. The molecule has 1 aliphatic heterocycles. The van der Waals surface area contributed by atoms with Gasteiger partial charge in [0.2, 0.25) is 5.91 Å². The molecule has 1 aromatic rings. The lowest BCUT2D eigenvalue weighted by atomic mass is 10.0. The Labute approximate surface area is 127 Å². The van der Waals surface area contributed by atoms with E-state index in [1.54, 1.807) is 7.11 Å². The minimum Gasteiger partial charge on any atom is -0.496 e. The summed E-state index contributed by atoms with van der Waals surface area (Å²) in [4.78, 5) is 12.5. The minimum atomic E-state index is -0.0590. The van der Waals surface area contributed by atoms with Gasteiger partial charge in [-0.15, -0.1) is 0 Å². The van der Waals surface area contributed by atoms with E-state index in [2.05, 4.69) is 17.6 Å². The lowest BCUT2D eigenvalue weighted by Crippen LogP contribution is -2.44. The Morgan fingerprint density at radius 1 is 1.38 bits per heavy atom. The van der Waals surface area contributed by atoms with Crippen molar-refractivity contribution in [2.75, 3.05) is 13.7 Å². The molecule has 4 nitrogen and oxygen atoms in total. The zero-order valence-electron chi connectivity index (χ0n) is 13.0. The van der Waals surface area contributed by atoms with E-state index in [-0.39, 0.29) is 18.0 Å². The Kier molecular flexibility index (Phi) is 6.05. The van der Waals surface area contributed by atoms with Crippen molar-refractivity contribution < 1.29 is 9.53 Å². The van der Waals surface area contributed by atoms with E-state index in [0.717, 1.165) is 43.5 Å². The fraction of sp³-hybridized carbons (Fsp3) is 0.588. The van der Waals surface area contributed by atoms with Gasteiger partial charge in [0.1, 0.15) is 5.75 Å². The SMILES string of the molecule is CCC(NC(=O)C1CCCCCN1)c1ccccc1OC. The van der Waals surface area contributed by atoms with Gasteiger partial charge in [0.25, 0.3) is 0 Å². The molecule has 0 radical (unpaired) electrons. The molecule has 4 heteroatoms. The highest BCUT2D eigenvalue weighted by atomic mass is 16.5. The molecule has 2 unspecified atom stereocenters. The molecule has 0 aliphatic carbocycles. The molecule has 1 aliphatic rings. The molecular formula is C17H26N2O2. The summed E-state index contributed by atoms with van der Waals surface area (Å²) in [6, 6.07) is 7.83. The summed E-state index contributed by atoms with van der Waals surface area (Å²) < 4.78 is 5.41. The summed E-state index contributed by atoms with van der Waals surface area (Å²) in [7, 11) is 1.67. The fourth-order valence-corrected chi connectivity index (χ4v) is 2.88. The smallest absolute Gasteiger partial charge is 0.237 e. The van der Waals surface area contributed by atoms with E-state index >= 15 is 0 Å². The second-order valence-electron chi connectivity index (χ2n) is 5.57. The monoisotopic (exact) mass is 290 g/mol. The van der Waals surface area contributed by atoms with Crippen molar-refractivity contribution in [2.45, 2.75) is 51.1 Å². The molecule has 1 saturated heterocycles. The third-order valence-electron chi connectivity index (χ3n) is 4.12. The first-order valence-corrected chi connectivity index (χ1v) is 7.93. The number of carbonyl (C=O) groups excluding carboxylic acids is 1. The first-order chi connectivity index (χ1) is 10.3. The summed E-state index contributed by atoms with van der Waals surface area (Å²) in [5, 5.41) is 6.52. The van der Waals surface area contributed by atoms with Gasteiger partial charge in [-0.25, -0.2) is 0 Å². The molecule has 1 fully saturated rings. The number of rotatable bonds is 5. The second-order valence-corrected chi connectivity index (χ2v) is 5.57. The van der Waals surface area contributed by atoms with Crippen LogP contribution < -0.4 is 15.4 Å². The van der Waals surface area contributed by atoms with Crippen molar-refractivity contribution in [3.05, 3.63) is 29.8 Å². The van der Waals surface area contributed by atoms with Crippen molar-refractivity contribution in [2.24, 2.45) is 0 Å². The number of ether oxygens (including phenoxy) is 1. The predicted molar refractivity (Wildman–Crippen MR) is 84.4 cm³/mol. The van der Waals surface area contributed by atoms with E-state index in [0.29, 0.717) is 0 Å². The van der Waals surface area contributed by atoms with Crippen LogP contribution in [0.3, 0.4) is 0 Å². The van der Waals surface area contributed by atoms with Crippen molar-refractivity contribution in [1.82, 2.24) is 10.6 Å². The zero-order valence-corrected chi connectivity index (χ0v) is 13.0. The van der Waals surface area contributed by atoms with Crippen LogP contribution in [-0.2, 0) is 4.79 Å². The lowest BCUT2D eigenvalue weighted by molar-refractivity contribution is -0.124. The van der Waals surface area contributed by atoms with Crippen LogP contribution in [0.1, 0.15) is 50.6 Å². The highest BCUT2D eigenvalue weighted by Gasteiger charge is 2.23. The maximum atomic E-state index is 12.5. The Morgan fingerprint density at radius 2 is 2.19 bits per heavy atom. The molecule has 1 heterocycles. The van der Waals surface area contributed by atoms with Gasteiger partial charge in [0.15, 0.2) is 0 Å². The van der Waals surface area contributed by atoms with Gasteiger partial charge >= 0.3 is 0 Å². The molecule has 0 saturated carbocycles. The van der Waals surface area contributed by atoms with Crippen LogP contribution in [0, 0.1) is 0 Å². The summed E-state index contributed by atoms with van der Waals surface area (Å²) in [5.41, 5.74) is 1.05. The van der Waals surface area contributed by atoms with Crippen LogP contribution in [0.15, 0.2) is 24.3 Å². The van der Waals surface area contributed by atoms with Crippen molar-refractivity contribution in [3.8, 4) is 5.75 Å². The Bertz CT molecular complexity index is 454. The van der Waals surface area contributed by atoms with Gasteiger partial charge in [-0.2, -0.15) is 0 Å². The minimum absolute atomic E-state index is 0.00120. The van der Waals surface area contributed by atoms with Crippen LogP contribution in [0.4, 0.5) is 0 Å². The number of methoxy groups -OCH3 is 1. The van der Waals surface area contributed by atoms with Gasteiger partial charge in [0.05, 0.1) is 19.2 Å². The van der Waals surface area contributed by atoms with Crippen molar-refractivity contribution in [1.29, 1.82) is 0 Å². The number of para-hydroxylation sites is 1. The number of carbonyl (C=O) groups is 1. The average molecular weight is 290 g/mol. The van der Waals surface area contributed by atoms with E-state index < -0.39 is 0 Å². The molecular weight excluding hydrogens is 264 g/mol. The molecule has 0 bridgehead atoms. The normalized spacial score (nSPS) is 20.4. The Hall–Kier alpha value is -1.55. The third-order valence-corrected chi connectivity index (χ3v) is 4.12. The summed E-state index contributed by atoms with van der Waals surface area (Å²) in [6.45, 7) is 3.02. The van der Waals surface area contributed by atoms with Gasteiger partial charge in [-0.3, -0.25) is 4.79 Å². The molecule has 1 amide bonds. The predicted octanol–water partition coefficient (Wildman–Crippen LogP) is 2.79. The lowest BCUT2D eigenvalue weighted by Gasteiger charge is -2.23. The van der Waals surface area contributed by atoms with Crippen molar-refractivity contribution in [3.63, 3.8) is 0 Å². The third kappa shape index (κ3) is 4.21. The molecule has 2 N–H and O–H groups in total. The van der Waals surface area contributed by atoms with E-state index in [1.807, 2.05) is 24.3 Å². The summed E-state index contributed by atoms with van der Waals surface area (Å²) in [5.74, 6) is 0.938. The van der Waals surface area contributed by atoms with Gasteiger partial charge in [0, 0.05) is 5.56 Å². The molecule has 0 aromatic heterocycles. The summed E-state index contributed by atoms with van der Waals surface area (Å²) >= 11 is 0. The first kappa shape index (κ1) is 15.8. The molecule has 1 aromatic carbocycles. The quantitative estimate of drug-likeness (QED) is 0.876. The van der Waals surface area contributed by atoms with Crippen LogP contribution in [-0.4, -0.2) is 25.6 Å². The van der Waals surface area contributed by atoms with Crippen LogP contribution in [0.2, 0.25) is 0 Å². The summed E-state index contributed by atoms with van der Waals surface area (Å²) in [6.07, 6.45) is 5.26. The van der Waals surface area contributed by atoms with Gasteiger partial charge in [-0.05, 0) is 31.9 Å².